The Morgan fingerprint density at radius 3 is 2.67 bits per heavy atom. The molecule has 7 nitrogen and oxygen atoms in total. The number of rotatable bonds is 4. The minimum absolute atomic E-state index is 0.0512. The van der Waals surface area contributed by atoms with Gasteiger partial charge < -0.3 is 19.4 Å². The van der Waals surface area contributed by atoms with Crippen molar-refractivity contribution in [2.24, 2.45) is 5.92 Å². The highest BCUT2D eigenvalue weighted by Gasteiger charge is 2.29. The molecule has 0 spiro atoms. The van der Waals surface area contributed by atoms with E-state index in [-0.39, 0.29) is 17.9 Å². The van der Waals surface area contributed by atoms with Crippen molar-refractivity contribution in [1.82, 2.24) is 19.6 Å². The van der Waals surface area contributed by atoms with E-state index in [1.54, 1.807) is 4.90 Å². The van der Waals surface area contributed by atoms with E-state index in [9.17, 15) is 9.59 Å². The number of imidazole rings is 1. The number of aromatic nitrogens is 2. The molecule has 2 aromatic rings. The molecule has 1 aliphatic heterocycles. The van der Waals surface area contributed by atoms with E-state index in [0.29, 0.717) is 38.9 Å². The average molecular weight is 372 g/mol. The Morgan fingerprint density at radius 1 is 1.26 bits per heavy atom. The number of amides is 2. The van der Waals surface area contributed by atoms with Crippen LogP contribution in [0.2, 0.25) is 0 Å². The maximum atomic E-state index is 12.4. The molecule has 7 heteroatoms. The molecule has 3 rings (SSSR count). The van der Waals surface area contributed by atoms with Gasteiger partial charge in [-0.15, -0.1) is 0 Å². The van der Waals surface area contributed by atoms with Gasteiger partial charge in [0.2, 0.25) is 5.91 Å². The van der Waals surface area contributed by atoms with Crippen LogP contribution in [0.5, 0.6) is 0 Å². The molecule has 3 heterocycles. The second-order valence-corrected chi connectivity index (χ2v) is 7.98. The van der Waals surface area contributed by atoms with Crippen LogP contribution >= 0.6 is 0 Å². The van der Waals surface area contributed by atoms with Crippen molar-refractivity contribution >= 4 is 17.6 Å². The third-order valence-electron chi connectivity index (χ3n) is 4.61. The minimum Gasteiger partial charge on any atom is -0.444 e. The summed E-state index contributed by atoms with van der Waals surface area (Å²) < 4.78 is 7.36. The quantitative estimate of drug-likeness (QED) is 0.895. The van der Waals surface area contributed by atoms with Gasteiger partial charge in [-0.1, -0.05) is 6.07 Å². The Bertz CT molecular complexity index is 768. The number of hydrogen-bond donors (Lipinski definition) is 1. The largest absolute Gasteiger partial charge is 0.444 e. The van der Waals surface area contributed by atoms with E-state index in [4.69, 9.17) is 4.74 Å². The monoisotopic (exact) mass is 372 g/mol. The van der Waals surface area contributed by atoms with Crippen molar-refractivity contribution in [3.05, 3.63) is 36.3 Å². The molecule has 0 aromatic carbocycles. The van der Waals surface area contributed by atoms with Crippen LogP contribution in [0.1, 0.15) is 39.3 Å². The Hall–Kier alpha value is -2.57. The summed E-state index contributed by atoms with van der Waals surface area (Å²) in [5.41, 5.74) is 1.37. The lowest BCUT2D eigenvalue weighted by Crippen LogP contribution is -2.45. The van der Waals surface area contributed by atoms with Crippen LogP contribution < -0.4 is 5.32 Å². The van der Waals surface area contributed by atoms with Gasteiger partial charge in [-0.25, -0.2) is 9.78 Å². The third kappa shape index (κ3) is 5.21. The Kier molecular flexibility index (Phi) is 5.68. The topological polar surface area (TPSA) is 75.9 Å². The number of fused-ring (bicyclic) bond motifs is 1. The maximum Gasteiger partial charge on any atom is 0.410 e. The minimum atomic E-state index is -0.497. The number of likely N-dealkylation sites (tertiary alicyclic amines) is 1. The zero-order chi connectivity index (χ0) is 19.4. The Labute approximate surface area is 159 Å². The van der Waals surface area contributed by atoms with Crippen LogP contribution in [-0.2, 0) is 16.0 Å². The van der Waals surface area contributed by atoms with Gasteiger partial charge in [0.1, 0.15) is 11.2 Å². The molecule has 0 aliphatic carbocycles. The van der Waals surface area contributed by atoms with E-state index in [2.05, 4.69) is 10.3 Å². The normalized spacial score (nSPS) is 15.7. The van der Waals surface area contributed by atoms with Crippen molar-refractivity contribution in [2.75, 3.05) is 19.6 Å². The van der Waals surface area contributed by atoms with E-state index in [1.807, 2.05) is 55.8 Å². The standard InChI is InChI=1S/C20H28N4O3/c1-20(2,3)27-19(26)23-12-8-15(9-13-23)18(25)21-10-7-16-14-24-11-5-4-6-17(24)22-16/h4-6,11,14-15H,7-10,12-13H2,1-3H3,(H,21,25). The zero-order valence-corrected chi connectivity index (χ0v) is 16.3. The summed E-state index contributed by atoms with van der Waals surface area (Å²) in [5.74, 6) is 0.00681. The van der Waals surface area contributed by atoms with Crippen molar-refractivity contribution in [3.63, 3.8) is 0 Å². The van der Waals surface area contributed by atoms with E-state index < -0.39 is 5.60 Å². The summed E-state index contributed by atoms with van der Waals surface area (Å²) in [5, 5.41) is 3.00. The molecule has 0 unspecified atom stereocenters. The summed E-state index contributed by atoms with van der Waals surface area (Å²) in [7, 11) is 0. The summed E-state index contributed by atoms with van der Waals surface area (Å²) in [6.07, 6.45) is 5.68. The van der Waals surface area contributed by atoms with Crippen LogP contribution in [0.25, 0.3) is 5.65 Å². The highest BCUT2D eigenvalue weighted by atomic mass is 16.6. The molecule has 1 saturated heterocycles. The number of nitrogens with zero attached hydrogens (tertiary/aromatic N) is 3. The van der Waals surface area contributed by atoms with Crippen molar-refractivity contribution in [2.45, 2.75) is 45.6 Å². The summed E-state index contributed by atoms with van der Waals surface area (Å²) in [6.45, 7) is 7.24. The molecule has 0 radical (unpaired) electrons. The molecule has 0 saturated carbocycles. The first kappa shape index (κ1) is 19.2. The molecule has 1 N–H and O–H groups in total. The molecule has 1 fully saturated rings. The lowest BCUT2D eigenvalue weighted by Gasteiger charge is -2.32. The molecule has 1 aliphatic rings. The van der Waals surface area contributed by atoms with Crippen LogP contribution in [0, 0.1) is 5.92 Å². The first-order valence-corrected chi connectivity index (χ1v) is 9.50. The molecule has 27 heavy (non-hydrogen) atoms. The number of piperidine rings is 1. The molecule has 2 aromatic heterocycles. The molecular weight excluding hydrogens is 344 g/mol. The number of pyridine rings is 1. The van der Waals surface area contributed by atoms with E-state index in [1.165, 1.54) is 0 Å². The predicted molar refractivity (Wildman–Crippen MR) is 102 cm³/mol. The molecule has 146 valence electrons. The number of hydrogen-bond acceptors (Lipinski definition) is 4. The Morgan fingerprint density at radius 2 is 2.00 bits per heavy atom. The highest BCUT2D eigenvalue weighted by molar-refractivity contribution is 5.79. The van der Waals surface area contributed by atoms with Gasteiger partial charge in [0.15, 0.2) is 0 Å². The summed E-state index contributed by atoms with van der Waals surface area (Å²) in [6, 6.07) is 5.88. The molecular formula is C20H28N4O3. The van der Waals surface area contributed by atoms with Gasteiger partial charge in [-0.3, -0.25) is 4.79 Å². The maximum absolute atomic E-state index is 12.4. The average Bonchev–Trinajstić information content (AvgIpc) is 3.03. The van der Waals surface area contributed by atoms with Crippen molar-refractivity contribution < 1.29 is 14.3 Å². The fourth-order valence-corrected chi connectivity index (χ4v) is 3.22. The highest BCUT2D eigenvalue weighted by Crippen LogP contribution is 2.19. The van der Waals surface area contributed by atoms with Gasteiger partial charge in [0, 0.05) is 44.4 Å². The van der Waals surface area contributed by atoms with Gasteiger partial charge in [-0.05, 0) is 45.7 Å². The molecule has 2 amide bonds. The van der Waals surface area contributed by atoms with E-state index >= 15 is 0 Å². The number of nitrogens with one attached hydrogen (secondary N) is 1. The number of ether oxygens (including phenoxy) is 1. The van der Waals surface area contributed by atoms with Gasteiger partial charge in [-0.2, -0.15) is 0 Å². The lowest BCUT2D eigenvalue weighted by atomic mass is 9.96. The van der Waals surface area contributed by atoms with Crippen LogP contribution in [0.4, 0.5) is 4.79 Å². The van der Waals surface area contributed by atoms with E-state index in [0.717, 1.165) is 11.3 Å². The molecule has 0 bridgehead atoms. The summed E-state index contributed by atoms with van der Waals surface area (Å²) in [4.78, 5) is 30.7. The second kappa shape index (κ2) is 7.98. The fourth-order valence-electron chi connectivity index (χ4n) is 3.22. The van der Waals surface area contributed by atoms with Gasteiger partial charge in [0.05, 0.1) is 5.69 Å². The smallest absolute Gasteiger partial charge is 0.410 e. The van der Waals surface area contributed by atoms with Crippen LogP contribution in [0.15, 0.2) is 30.6 Å². The predicted octanol–water partition coefficient (Wildman–Crippen LogP) is 2.64. The number of carbonyl (C=O) groups is 2. The fraction of sp³-hybridized carbons (Fsp3) is 0.550. The SMILES string of the molecule is CC(C)(C)OC(=O)N1CCC(C(=O)NCCc2cn3ccccc3n2)CC1. The first-order valence-electron chi connectivity index (χ1n) is 9.50. The third-order valence-corrected chi connectivity index (χ3v) is 4.61. The van der Waals surface area contributed by atoms with Gasteiger partial charge >= 0.3 is 6.09 Å². The van der Waals surface area contributed by atoms with Gasteiger partial charge in [0.25, 0.3) is 0 Å². The lowest BCUT2D eigenvalue weighted by molar-refractivity contribution is -0.126. The zero-order valence-electron chi connectivity index (χ0n) is 16.3. The van der Waals surface area contributed by atoms with Crippen molar-refractivity contribution in [1.29, 1.82) is 0 Å². The summed E-state index contributed by atoms with van der Waals surface area (Å²) >= 11 is 0. The Balaban J connectivity index is 1.41. The van der Waals surface area contributed by atoms with Crippen LogP contribution in [0.3, 0.4) is 0 Å². The first-order chi connectivity index (χ1) is 12.8. The molecule has 0 atom stereocenters. The number of carbonyl (C=O) groups excluding carboxylic acids is 2. The van der Waals surface area contributed by atoms with Crippen molar-refractivity contribution in [3.8, 4) is 0 Å². The second-order valence-electron chi connectivity index (χ2n) is 7.98. The van der Waals surface area contributed by atoms with Crippen LogP contribution in [-0.4, -0.2) is 51.5 Å².